The second kappa shape index (κ2) is 5.41. The predicted molar refractivity (Wildman–Crippen MR) is 72.2 cm³/mol. The fraction of sp³-hybridized carbons (Fsp3) is 0.0833. The fourth-order valence-electron chi connectivity index (χ4n) is 1.59. The predicted octanol–water partition coefficient (Wildman–Crippen LogP) is 2.27. The summed E-state index contributed by atoms with van der Waals surface area (Å²) in [6.07, 6.45) is 1.26. The van der Waals surface area contributed by atoms with E-state index in [-0.39, 0.29) is 16.9 Å². The number of hydrogen-bond acceptors (Lipinski definition) is 3. The standard InChI is InChI=1S/C12H9BrFN3O3/c1-17-5-7(10(16-17)12(19)20)11(18)15-9-3-2-6(13)4-8(9)14/h2-5H,1H3,(H,15,18)(H,19,20). The van der Waals surface area contributed by atoms with Gasteiger partial charge in [-0.15, -0.1) is 0 Å². The van der Waals surface area contributed by atoms with Gasteiger partial charge in [-0.25, -0.2) is 9.18 Å². The maximum absolute atomic E-state index is 13.6. The number of nitrogens with zero attached hydrogens (tertiary/aromatic N) is 2. The van der Waals surface area contributed by atoms with Gasteiger partial charge in [-0.2, -0.15) is 5.10 Å². The first-order chi connectivity index (χ1) is 9.38. The number of amides is 1. The average Bonchev–Trinajstić information content (AvgIpc) is 2.75. The average molecular weight is 342 g/mol. The number of nitrogens with one attached hydrogen (secondary N) is 1. The third kappa shape index (κ3) is 2.85. The summed E-state index contributed by atoms with van der Waals surface area (Å²) >= 11 is 3.10. The van der Waals surface area contributed by atoms with Gasteiger partial charge >= 0.3 is 5.97 Å². The third-order valence-electron chi connectivity index (χ3n) is 2.46. The summed E-state index contributed by atoms with van der Waals surface area (Å²) in [4.78, 5) is 23.0. The molecule has 8 heteroatoms. The SMILES string of the molecule is Cn1cc(C(=O)Nc2ccc(Br)cc2F)c(C(=O)O)n1. The van der Waals surface area contributed by atoms with Gasteiger partial charge in [-0.1, -0.05) is 15.9 Å². The summed E-state index contributed by atoms with van der Waals surface area (Å²) in [5, 5.41) is 14.9. The van der Waals surface area contributed by atoms with Crippen molar-refractivity contribution in [3.05, 3.63) is 45.9 Å². The molecule has 6 nitrogen and oxygen atoms in total. The minimum Gasteiger partial charge on any atom is -0.476 e. The highest BCUT2D eigenvalue weighted by Crippen LogP contribution is 2.20. The summed E-state index contributed by atoms with van der Waals surface area (Å²) in [5.41, 5.74) is -0.566. The number of carbonyl (C=O) groups excluding carboxylic acids is 1. The topological polar surface area (TPSA) is 84.2 Å². The van der Waals surface area contributed by atoms with Crippen molar-refractivity contribution >= 4 is 33.5 Å². The van der Waals surface area contributed by atoms with Crippen molar-refractivity contribution < 1.29 is 19.1 Å². The molecule has 0 aliphatic carbocycles. The quantitative estimate of drug-likeness (QED) is 0.896. The number of halogens is 2. The van der Waals surface area contributed by atoms with Crippen LogP contribution in [0.4, 0.5) is 10.1 Å². The number of anilines is 1. The number of carbonyl (C=O) groups is 2. The molecule has 0 fully saturated rings. The first-order valence-electron chi connectivity index (χ1n) is 5.42. The van der Waals surface area contributed by atoms with Crippen LogP contribution in [0.2, 0.25) is 0 Å². The van der Waals surface area contributed by atoms with E-state index < -0.39 is 17.7 Å². The molecule has 0 atom stereocenters. The molecule has 2 N–H and O–H groups in total. The number of carboxylic acids is 1. The van der Waals surface area contributed by atoms with E-state index in [4.69, 9.17) is 5.11 Å². The van der Waals surface area contributed by atoms with Crippen LogP contribution in [0.3, 0.4) is 0 Å². The summed E-state index contributed by atoms with van der Waals surface area (Å²) in [7, 11) is 1.49. The first-order valence-corrected chi connectivity index (χ1v) is 6.21. The van der Waals surface area contributed by atoms with E-state index >= 15 is 0 Å². The van der Waals surface area contributed by atoms with E-state index in [1.54, 1.807) is 6.07 Å². The Morgan fingerprint density at radius 1 is 1.45 bits per heavy atom. The molecule has 104 valence electrons. The van der Waals surface area contributed by atoms with E-state index in [9.17, 15) is 14.0 Å². The zero-order valence-electron chi connectivity index (χ0n) is 10.2. The number of aryl methyl sites for hydroxylation is 1. The van der Waals surface area contributed by atoms with Crippen molar-refractivity contribution in [3.8, 4) is 0 Å². The lowest BCUT2D eigenvalue weighted by Gasteiger charge is -2.05. The molecule has 0 bridgehead atoms. The molecule has 0 unspecified atom stereocenters. The summed E-state index contributed by atoms with van der Waals surface area (Å²) in [6.45, 7) is 0. The van der Waals surface area contributed by atoms with Crippen LogP contribution < -0.4 is 5.32 Å². The highest BCUT2D eigenvalue weighted by Gasteiger charge is 2.21. The molecule has 1 heterocycles. The Balaban J connectivity index is 2.31. The lowest BCUT2D eigenvalue weighted by Crippen LogP contribution is -2.16. The Bertz CT molecular complexity index is 699. The lowest BCUT2D eigenvalue weighted by atomic mass is 10.2. The van der Waals surface area contributed by atoms with Crippen LogP contribution in [0.25, 0.3) is 0 Å². The number of aromatic nitrogens is 2. The number of carboxylic acid groups (broad SMARTS) is 1. The van der Waals surface area contributed by atoms with Crippen LogP contribution in [0.1, 0.15) is 20.8 Å². The Morgan fingerprint density at radius 2 is 2.15 bits per heavy atom. The monoisotopic (exact) mass is 341 g/mol. The van der Waals surface area contributed by atoms with Gasteiger partial charge in [0.05, 0.1) is 11.3 Å². The fourth-order valence-corrected chi connectivity index (χ4v) is 1.93. The van der Waals surface area contributed by atoms with Gasteiger partial charge in [0.15, 0.2) is 5.69 Å². The van der Waals surface area contributed by atoms with Gasteiger partial charge in [0.1, 0.15) is 5.82 Å². The highest BCUT2D eigenvalue weighted by atomic mass is 79.9. The van der Waals surface area contributed by atoms with Gasteiger partial charge < -0.3 is 10.4 Å². The van der Waals surface area contributed by atoms with E-state index in [1.807, 2.05) is 0 Å². The first kappa shape index (κ1) is 14.2. The van der Waals surface area contributed by atoms with Gasteiger partial charge in [0, 0.05) is 17.7 Å². The lowest BCUT2D eigenvalue weighted by molar-refractivity contribution is 0.0685. The molecule has 20 heavy (non-hydrogen) atoms. The zero-order chi connectivity index (χ0) is 14.9. The summed E-state index contributed by atoms with van der Waals surface area (Å²) < 4.78 is 15.3. The van der Waals surface area contributed by atoms with Crippen molar-refractivity contribution in [1.29, 1.82) is 0 Å². The Morgan fingerprint density at radius 3 is 2.75 bits per heavy atom. The molecule has 1 amide bonds. The van der Waals surface area contributed by atoms with Gasteiger partial charge in [0.2, 0.25) is 0 Å². The number of aromatic carboxylic acids is 1. The molecule has 0 spiro atoms. The molecule has 2 aromatic rings. The zero-order valence-corrected chi connectivity index (χ0v) is 11.8. The Kier molecular flexibility index (Phi) is 3.84. The molecule has 1 aromatic heterocycles. The van der Waals surface area contributed by atoms with Crippen LogP contribution in [-0.4, -0.2) is 26.8 Å². The molecule has 0 radical (unpaired) electrons. The number of benzene rings is 1. The van der Waals surface area contributed by atoms with Crippen molar-refractivity contribution in [2.75, 3.05) is 5.32 Å². The normalized spacial score (nSPS) is 10.3. The number of rotatable bonds is 3. The molecule has 1 aromatic carbocycles. The molecule has 0 aliphatic heterocycles. The number of hydrogen-bond donors (Lipinski definition) is 2. The molecule has 0 aliphatic rings. The van der Waals surface area contributed by atoms with Crippen LogP contribution in [-0.2, 0) is 7.05 Å². The molecular weight excluding hydrogens is 333 g/mol. The maximum atomic E-state index is 13.6. The van der Waals surface area contributed by atoms with Crippen molar-refractivity contribution in [1.82, 2.24) is 9.78 Å². The van der Waals surface area contributed by atoms with E-state index in [1.165, 1.54) is 30.1 Å². The van der Waals surface area contributed by atoms with Crippen LogP contribution in [0.5, 0.6) is 0 Å². The van der Waals surface area contributed by atoms with E-state index in [0.717, 1.165) is 0 Å². The third-order valence-corrected chi connectivity index (χ3v) is 2.95. The summed E-state index contributed by atoms with van der Waals surface area (Å²) in [6, 6.07) is 4.12. The maximum Gasteiger partial charge on any atom is 0.357 e. The molecule has 0 saturated heterocycles. The van der Waals surface area contributed by atoms with Gasteiger partial charge in [-0.3, -0.25) is 9.48 Å². The minimum absolute atomic E-state index is 0.0432. The second-order valence-electron chi connectivity index (χ2n) is 3.95. The van der Waals surface area contributed by atoms with Crippen molar-refractivity contribution in [2.45, 2.75) is 0 Å². The molecular formula is C12H9BrFN3O3. The Labute approximate surface area is 121 Å². The minimum atomic E-state index is -1.33. The van der Waals surface area contributed by atoms with Crippen molar-refractivity contribution in [2.24, 2.45) is 7.05 Å². The molecule has 0 saturated carbocycles. The Hall–Kier alpha value is -2.22. The smallest absolute Gasteiger partial charge is 0.357 e. The van der Waals surface area contributed by atoms with Gasteiger partial charge in [0.25, 0.3) is 5.91 Å². The highest BCUT2D eigenvalue weighted by molar-refractivity contribution is 9.10. The van der Waals surface area contributed by atoms with Crippen molar-refractivity contribution in [3.63, 3.8) is 0 Å². The van der Waals surface area contributed by atoms with Gasteiger partial charge in [-0.05, 0) is 18.2 Å². The van der Waals surface area contributed by atoms with Crippen LogP contribution >= 0.6 is 15.9 Å². The largest absolute Gasteiger partial charge is 0.476 e. The second-order valence-corrected chi connectivity index (χ2v) is 4.86. The summed E-state index contributed by atoms with van der Waals surface area (Å²) in [5.74, 6) is -2.70. The van der Waals surface area contributed by atoms with E-state index in [2.05, 4.69) is 26.3 Å². The molecule has 2 rings (SSSR count). The van der Waals surface area contributed by atoms with E-state index in [0.29, 0.717) is 4.47 Å². The van der Waals surface area contributed by atoms with Crippen LogP contribution in [0.15, 0.2) is 28.9 Å². The van der Waals surface area contributed by atoms with Crippen LogP contribution in [0, 0.1) is 5.82 Å².